The van der Waals surface area contributed by atoms with Gasteiger partial charge in [-0.25, -0.2) is 0 Å². The number of unbranched alkanes of at least 4 members (excludes halogenated alkanes) is 1. The fourth-order valence-electron chi connectivity index (χ4n) is 4.40. The second kappa shape index (κ2) is 21.8. The van der Waals surface area contributed by atoms with Gasteiger partial charge in [-0.05, 0) is 62.0 Å². The molecule has 4 atom stereocenters. The van der Waals surface area contributed by atoms with Crippen LogP contribution >= 0.6 is 12.4 Å². The molecule has 0 saturated carbocycles. The molecule has 1 aromatic rings. The molecule has 0 aliphatic rings. The van der Waals surface area contributed by atoms with Crippen LogP contribution in [0.1, 0.15) is 70.2 Å². The summed E-state index contributed by atoms with van der Waals surface area (Å²) < 4.78 is 16.0. The van der Waals surface area contributed by atoms with Gasteiger partial charge in [0.2, 0.25) is 5.91 Å². The van der Waals surface area contributed by atoms with Gasteiger partial charge < -0.3 is 35.7 Å². The molecule has 0 bridgehead atoms. The molecule has 9 nitrogen and oxygen atoms in total. The third kappa shape index (κ3) is 14.6. The first-order valence-corrected chi connectivity index (χ1v) is 14.3. The lowest BCUT2D eigenvalue weighted by Crippen LogP contribution is -2.44. The first-order valence-electron chi connectivity index (χ1n) is 14.3. The number of amides is 2. The topological polar surface area (TPSA) is 132 Å². The summed E-state index contributed by atoms with van der Waals surface area (Å²) in [5.41, 5.74) is 6.93. The molecule has 1 rings (SSSR count). The number of carbonyl (C=O) groups excluding carboxylic acids is 2. The predicted octanol–water partition coefficient (Wildman–Crippen LogP) is 3.81. The van der Waals surface area contributed by atoms with Crippen molar-refractivity contribution in [3.8, 4) is 5.75 Å². The summed E-state index contributed by atoms with van der Waals surface area (Å²) in [5, 5.41) is 16.9. The molecule has 4 unspecified atom stereocenters. The molecular weight excluding hydrogens is 534 g/mol. The minimum absolute atomic E-state index is 0. The Morgan fingerprint density at radius 1 is 0.900 bits per heavy atom. The second-order valence-electron chi connectivity index (χ2n) is 10.9. The van der Waals surface area contributed by atoms with E-state index in [2.05, 4.69) is 24.5 Å². The van der Waals surface area contributed by atoms with E-state index in [1.807, 2.05) is 26.0 Å². The highest BCUT2D eigenvalue weighted by atomic mass is 35.5. The molecule has 232 valence electrons. The third-order valence-electron chi connectivity index (χ3n) is 7.13. The van der Waals surface area contributed by atoms with Crippen molar-refractivity contribution >= 4 is 24.2 Å². The molecule has 0 aromatic heterocycles. The Morgan fingerprint density at radius 3 is 2.15 bits per heavy atom. The van der Waals surface area contributed by atoms with Crippen molar-refractivity contribution < 1.29 is 28.9 Å². The van der Waals surface area contributed by atoms with E-state index in [0.717, 1.165) is 19.3 Å². The van der Waals surface area contributed by atoms with Crippen LogP contribution in [0.15, 0.2) is 24.3 Å². The number of nitrogens with two attached hydrogens (primary N) is 1. The molecular formula is C30H54ClN3O6. The number of nitrogens with one attached hydrogen (secondary N) is 2. The SMILES string of the molecule is COCCCCOc1ccccc1C(=O)NCC(CC(N)C(O)CC(C(=O)NCCCOC)C(C)C)C(C)C.Cl. The van der Waals surface area contributed by atoms with Crippen molar-refractivity contribution in [3.05, 3.63) is 29.8 Å². The molecule has 5 N–H and O–H groups in total. The molecule has 2 amide bonds. The molecule has 0 fully saturated rings. The Labute approximate surface area is 247 Å². The van der Waals surface area contributed by atoms with Gasteiger partial charge in [-0.3, -0.25) is 9.59 Å². The smallest absolute Gasteiger partial charge is 0.255 e. The van der Waals surface area contributed by atoms with E-state index in [4.69, 9.17) is 19.9 Å². The number of hydrogen-bond acceptors (Lipinski definition) is 7. The van der Waals surface area contributed by atoms with E-state index in [1.54, 1.807) is 26.4 Å². The summed E-state index contributed by atoms with van der Waals surface area (Å²) in [5.74, 6) is 0.308. The maximum atomic E-state index is 13.0. The van der Waals surface area contributed by atoms with Gasteiger partial charge in [-0.15, -0.1) is 12.4 Å². The largest absolute Gasteiger partial charge is 0.493 e. The van der Waals surface area contributed by atoms with Crippen molar-refractivity contribution in [1.29, 1.82) is 0 Å². The maximum absolute atomic E-state index is 13.0. The zero-order chi connectivity index (χ0) is 29.2. The summed E-state index contributed by atoms with van der Waals surface area (Å²) in [6, 6.07) is 6.71. The van der Waals surface area contributed by atoms with E-state index in [9.17, 15) is 14.7 Å². The van der Waals surface area contributed by atoms with Crippen LogP contribution < -0.4 is 21.1 Å². The number of para-hydroxylation sites is 1. The lowest BCUT2D eigenvalue weighted by Gasteiger charge is -2.30. The minimum Gasteiger partial charge on any atom is -0.493 e. The van der Waals surface area contributed by atoms with Gasteiger partial charge in [0.25, 0.3) is 5.91 Å². The number of methoxy groups -OCH3 is 2. The van der Waals surface area contributed by atoms with Crippen LogP contribution in [0.3, 0.4) is 0 Å². The number of halogens is 1. The molecule has 40 heavy (non-hydrogen) atoms. The van der Waals surface area contributed by atoms with E-state index < -0.39 is 12.1 Å². The average Bonchev–Trinajstić information content (AvgIpc) is 2.91. The number of rotatable bonds is 21. The highest BCUT2D eigenvalue weighted by Gasteiger charge is 2.29. The number of aliphatic hydroxyl groups excluding tert-OH is 1. The van der Waals surface area contributed by atoms with Crippen molar-refractivity contribution in [3.63, 3.8) is 0 Å². The molecule has 10 heteroatoms. The quantitative estimate of drug-likeness (QED) is 0.161. The fourth-order valence-corrected chi connectivity index (χ4v) is 4.40. The van der Waals surface area contributed by atoms with Crippen molar-refractivity contribution in [2.24, 2.45) is 29.4 Å². The number of aliphatic hydroxyl groups is 1. The maximum Gasteiger partial charge on any atom is 0.255 e. The minimum atomic E-state index is -0.827. The molecule has 0 spiro atoms. The van der Waals surface area contributed by atoms with E-state index in [0.29, 0.717) is 57.1 Å². The number of hydrogen-bond donors (Lipinski definition) is 4. The highest BCUT2D eigenvalue weighted by molar-refractivity contribution is 5.96. The zero-order valence-corrected chi connectivity index (χ0v) is 26.1. The van der Waals surface area contributed by atoms with Gasteiger partial charge >= 0.3 is 0 Å². The Hall–Kier alpha value is -1.91. The standard InChI is InChI=1S/C30H53N3O6.ClH/c1-21(2)23(18-26(31)27(34)19-25(22(3)4)30(36)32-14-11-16-38-6)20-33-29(35)24-12-7-8-13-28(24)39-17-10-9-15-37-5;/h7-8,12-13,21-23,25-27,34H,9-11,14-20,31H2,1-6H3,(H,32,36)(H,33,35);1H. The molecule has 0 aliphatic carbocycles. The van der Waals surface area contributed by atoms with Crippen molar-refractivity contribution in [2.45, 2.75) is 71.9 Å². The van der Waals surface area contributed by atoms with Crippen LogP contribution in [0.25, 0.3) is 0 Å². The van der Waals surface area contributed by atoms with Crippen molar-refractivity contribution in [1.82, 2.24) is 10.6 Å². The van der Waals surface area contributed by atoms with Gasteiger partial charge in [0.15, 0.2) is 0 Å². The van der Waals surface area contributed by atoms with Gasteiger partial charge in [0.1, 0.15) is 5.75 Å². The number of carbonyl (C=O) groups is 2. The average molecular weight is 588 g/mol. The summed E-state index contributed by atoms with van der Waals surface area (Å²) in [4.78, 5) is 25.7. The Balaban J connectivity index is 0.0000152. The second-order valence-corrected chi connectivity index (χ2v) is 10.9. The molecule has 0 saturated heterocycles. The summed E-state index contributed by atoms with van der Waals surface area (Å²) in [6.07, 6.45) is 2.46. The normalized spacial score (nSPS) is 14.2. The Morgan fingerprint density at radius 2 is 1.52 bits per heavy atom. The molecule has 0 radical (unpaired) electrons. The van der Waals surface area contributed by atoms with Crippen LogP contribution in [0.2, 0.25) is 0 Å². The monoisotopic (exact) mass is 587 g/mol. The van der Waals surface area contributed by atoms with Crippen LogP contribution in [-0.4, -0.2) is 76.2 Å². The van der Waals surface area contributed by atoms with Crippen LogP contribution in [0.4, 0.5) is 0 Å². The van der Waals surface area contributed by atoms with Gasteiger partial charge in [0, 0.05) is 52.5 Å². The summed E-state index contributed by atoms with van der Waals surface area (Å²) in [7, 11) is 3.30. The fraction of sp³-hybridized carbons (Fsp3) is 0.733. The zero-order valence-electron chi connectivity index (χ0n) is 25.3. The van der Waals surface area contributed by atoms with E-state index >= 15 is 0 Å². The molecule has 0 heterocycles. The number of benzene rings is 1. The van der Waals surface area contributed by atoms with Crippen LogP contribution in [0.5, 0.6) is 5.75 Å². The van der Waals surface area contributed by atoms with Crippen LogP contribution in [-0.2, 0) is 14.3 Å². The highest BCUT2D eigenvalue weighted by Crippen LogP contribution is 2.24. The first-order chi connectivity index (χ1) is 18.6. The first kappa shape index (κ1) is 38.1. The predicted molar refractivity (Wildman–Crippen MR) is 162 cm³/mol. The molecule has 0 aliphatic heterocycles. The lowest BCUT2D eigenvalue weighted by molar-refractivity contribution is -0.127. The van der Waals surface area contributed by atoms with Crippen LogP contribution in [0, 0.1) is 23.7 Å². The van der Waals surface area contributed by atoms with Gasteiger partial charge in [0.05, 0.1) is 18.3 Å². The van der Waals surface area contributed by atoms with Crippen molar-refractivity contribution in [2.75, 3.05) is 47.1 Å². The van der Waals surface area contributed by atoms with Gasteiger partial charge in [-0.2, -0.15) is 0 Å². The number of ether oxygens (including phenoxy) is 3. The molecule has 1 aromatic carbocycles. The lowest BCUT2D eigenvalue weighted by atomic mass is 9.83. The van der Waals surface area contributed by atoms with Gasteiger partial charge in [-0.1, -0.05) is 39.8 Å². The Bertz CT molecular complexity index is 826. The Kier molecular flexibility index (Phi) is 20.7. The van der Waals surface area contributed by atoms with E-state index in [1.165, 1.54) is 0 Å². The van der Waals surface area contributed by atoms with E-state index in [-0.39, 0.29) is 47.9 Å². The third-order valence-corrected chi connectivity index (χ3v) is 7.13. The summed E-state index contributed by atoms with van der Waals surface area (Å²) >= 11 is 0. The summed E-state index contributed by atoms with van der Waals surface area (Å²) in [6.45, 7) is 10.9.